The van der Waals surface area contributed by atoms with Gasteiger partial charge in [0.25, 0.3) is 0 Å². The topological polar surface area (TPSA) is 56.5 Å². The van der Waals surface area contributed by atoms with Crippen molar-refractivity contribution >= 4 is 23.5 Å². The van der Waals surface area contributed by atoms with Gasteiger partial charge in [-0.2, -0.15) is 0 Å². The lowest BCUT2D eigenvalue weighted by molar-refractivity contribution is 0.758. The summed E-state index contributed by atoms with van der Waals surface area (Å²) in [4.78, 5) is 8.34. The van der Waals surface area contributed by atoms with Gasteiger partial charge < -0.3 is 4.57 Å². The molecule has 7 heteroatoms. The monoisotopic (exact) mass is 281 g/mol. The molecule has 2 rings (SSSR count). The van der Waals surface area contributed by atoms with Crippen LogP contribution < -0.4 is 0 Å². The van der Waals surface area contributed by atoms with Gasteiger partial charge in [0, 0.05) is 24.7 Å². The minimum Gasteiger partial charge on any atom is -0.308 e. The summed E-state index contributed by atoms with van der Waals surface area (Å²) in [5.74, 6) is 1.67. The van der Waals surface area contributed by atoms with Crippen LogP contribution in [-0.4, -0.2) is 30.0 Å². The molecule has 0 saturated carbocycles. The van der Waals surface area contributed by atoms with Gasteiger partial charge in [-0.15, -0.1) is 10.2 Å². The highest BCUT2D eigenvalue weighted by Crippen LogP contribution is 2.23. The van der Waals surface area contributed by atoms with Crippen molar-refractivity contribution in [1.82, 2.24) is 24.7 Å². The van der Waals surface area contributed by atoms with Crippen LogP contribution in [0, 0.1) is 0 Å². The zero-order valence-corrected chi connectivity index (χ0v) is 12.2. The van der Waals surface area contributed by atoms with E-state index in [0.717, 1.165) is 21.9 Å². The lowest BCUT2D eigenvalue weighted by Gasteiger charge is -2.04. The Labute approximate surface area is 115 Å². The van der Waals surface area contributed by atoms with Gasteiger partial charge in [-0.05, 0) is 6.07 Å². The predicted octanol–water partition coefficient (Wildman–Crippen LogP) is 2.40. The lowest BCUT2D eigenvalue weighted by atomic mass is 10.6. The highest BCUT2D eigenvalue weighted by molar-refractivity contribution is 7.99. The lowest BCUT2D eigenvalue weighted by Crippen LogP contribution is -1.99. The van der Waals surface area contributed by atoms with Crippen LogP contribution in [-0.2, 0) is 12.8 Å². The number of nitrogens with zero attached hydrogens (tertiary/aromatic N) is 5. The fourth-order valence-electron chi connectivity index (χ4n) is 1.27. The van der Waals surface area contributed by atoms with Gasteiger partial charge in [0.05, 0.1) is 5.75 Å². The summed E-state index contributed by atoms with van der Waals surface area (Å²) in [7, 11) is 1.99. The van der Waals surface area contributed by atoms with E-state index in [1.54, 1.807) is 35.9 Å². The largest absolute Gasteiger partial charge is 0.308 e. The number of rotatable bonds is 5. The van der Waals surface area contributed by atoms with Crippen LogP contribution in [0.4, 0.5) is 0 Å². The number of thioether (sulfide) groups is 2. The van der Waals surface area contributed by atoms with Gasteiger partial charge in [-0.1, -0.05) is 37.4 Å². The Morgan fingerprint density at radius 1 is 1.22 bits per heavy atom. The van der Waals surface area contributed by atoms with Gasteiger partial charge in [-0.25, -0.2) is 9.97 Å². The number of hydrogen-bond acceptors (Lipinski definition) is 6. The highest BCUT2D eigenvalue weighted by atomic mass is 32.2. The van der Waals surface area contributed by atoms with Crippen molar-refractivity contribution < 1.29 is 0 Å². The summed E-state index contributed by atoms with van der Waals surface area (Å²) in [5, 5.41) is 10.6. The predicted molar refractivity (Wildman–Crippen MR) is 73.6 cm³/mol. The van der Waals surface area contributed by atoms with Gasteiger partial charge in [0.2, 0.25) is 0 Å². The quantitative estimate of drug-likeness (QED) is 0.619. The smallest absolute Gasteiger partial charge is 0.191 e. The van der Waals surface area contributed by atoms with E-state index in [0.29, 0.717) is 5.25 Å². The first-order chi connectivity index (χ1) is 8.66. The Morgan fingerprint density at radius 2 is 1.94 bits per heavy atom. The van der Waals surface area contributed by atoms with Crippen molar-refractivity contribution in [2.24, 2.45) is 7.05 Å². The Morgan fingerprint density at radius 3 is 2.61 bits per heavy atom. The minimum atomic E-state index is 0.505. The molecule has 18 heavy (non-hydrogen) atoms. The molecule has 0 atom stereocenters. The molecule has 0 spiro atoms. The minimum absolute atomic E-state index is 0.505. The van der Waals surface area contributed by atoms with Crippen LogP contribution in [0.1, 0.15) is 19.7 Å². The van der Waals surface area contributed by atoms with Crippen molar-refractivity contribution in [2.75, 3.05) is 0 Å². The maximum Gasteiger partial charge on any atom is 0.191 e. The third-order valence-corrected chi connectivity index (χ3v) is 4.05. The highest BCUT2D eigenvalue weighted by Gasteiger charge is 2.11. The maximum atomic E-state index is 4.20. The van der Waals surface area contributed by atoms with E-state index in [9.17, 15) is 0 Å². The normalized spacial score (nSPS) is 11.1. The van der Waals surface area contributed by atoms with Crippen molar-refractivity contribution in [2.45, 2.75) is 35.2 Å². The molecule has 2 aromatic rings. The second-order valence-electron chi connectivity index (χ2n) is 3.94. The van der Waals surface area contributed by atoms with Crippen molar-refractivity contribution in [3.8, 4) is 0 Å². The molecule has 96 valence electrons. The SMILES string of the molecule is CC(C)Sc1nnc(CSc2ncccn2)n1C. The van der Waals surface area contributed by atoms with Crippen molar-refractivity contribution in [3.63, 3.8) is 0 Å². The third-order valence-electron chi connectivity index (χ3n) is 2.14. The first-order valence-corrected chi connectivity index (χ1v) is 7.48. The molecule has 5 nitrogen and oxygen atoms in total. The molecule has 0 aromatic carbocycles. The molecule has 2 heterocycles. The summed E-state index contributed by atoms with van der Waals surface area (Å²) < 4.78 is 2.03. The van der Waals surface area contributed by atoms with Crippen LogP contribution in [0.15, 0.2) is 28.8 Å². The van der Waals surface area contributed by atoms with Crippen LogP contribution in [0.2, 0.25) is 0 Å². The van der Waals surface area contributed by atoms with E-state index in [4.69, 9.17) is 0 Å². The molecule has 0 bridgehead atoms. The van der Waals surface area contributed by atoms with Crippen molar-refractivity contribution in [1.29, 1.82) is 0 Å². The van der Waals surface area contributed by atoms with E-state index in [1.165, 1.54) is 0 Å². The first kappa shape index (κ1) is 13.4. The van der Waals surface area contributed by atoms with Crippen LogP contribution in [0.5, 0.6) is 0 Å². The molecule has 0 N–H and O–H groups in total. The zero-order valence-electron chi connectivity index (χ0n) is 10.6. The molecule has 0 aliphatic heterocycles. The Kier molecular flexibility index (Phi) is 4.60. The standard InChI is InChI=1S/C11H15N5S2/c1-8(2)18-11-15-14-9(16(11)3)7-17-10-12-5-4-6-13-10/h4-6,8H,7H2,1-3H3. The fraction of sp³-hybridized carbons (Fsp3) is 0.455. The average Bonchev–Trinajstić information content (AvgIpc) is 2.69. The van der Waals surface area contributed by atoms with E-state index in [-0.39, 0.29) is 0 Å². The van der Waals surface area contributed by atoms with E-state index < -0.39 is 0 Å². The van der Waals surface area contributed by atoms with Crippen LogP contribution >= 0.6 is 23.5 Å². The van der Waals surface area contributed by atoms with Crippen molar-refractivity contribution in [3.05, 3.63) is 24.3 Å². The molecule has 0 fully saturated rings. The molecule has 0 radical (unpaired) electrons. The molecule has 0 aliphatic rings. The average molecular weight is 281 g/mol. The fourth-order valence-corrected chi connectivity index (χ4v) is 2.83. The molecule has 0 aliphatic carbocycles. The molecule has 0 unspecified atom stereocenters. The van der Waals surface area contributed by atoms with E-state index >= 15 is 0 Å². The third kappa shape index (κ3) is 3.46. The molecule has 2 aromatic heterocycles. The molecule has 0 amide bonds. The Hall–Kier alpha value is -1.08. The first-order valence-electron chi connectivity index (χ1n) is 5.61. The van der Waals surface area contributed by atoms with Gasteiger partial charge in [0.1, 0.15) is 5.82 Å². The molecule has 0 saturated heterocycles. The maximum absolute atomic E-state index is 4.20. The summed E-state index contributed by atoms with van der Waals surface area (Å²) in [6.45, 7) is 4.29. The number of aromatic nitrogens is 5. The summed E-state index contributed by atoms with van der Waals surface area (Å²) in [6.07, 6.45) is 3.48. The van der Waals surface area contributed by atoms with Crippen LogP contribution in [0.25, 0.3) is 0 Å². The Balaban J connectivity index is 2.00. The second-order valence-corrected chi connectivity index (χ2v) is 6.43. The summed E-state index contributed by atoms with van der Waals surface area (Å²) >= 11 is 3.28. The number of hydrogen-bond donors (Lipinski definition) is 0. The van der Waals surface area contributed by atoms with E-state index in [2.05, 4.69) is 34.0 Å². The van der Waals surface area contributed by atoms with E-state index in [1.807, 2.05) is 17.7 Å². The van der Waals surface area contributed by atoms with Gasteiger partial charge >= 0.3 is 0 Å². The van der Waals surface area contributed by atoms with Gasteiger partial charge in [-0.3, -0.25) is 0 Å². The second kappa shape index (κ2) is 6.19. The molecular weight excluding hydrogens is 266 g/mol. The summed E-state index contributed by atoms with van der Waals surface area (Å²) in [6, 6.07) is 1.81. The zero-order chi connectivity index (χ0) is 13.0. The van der Waals surface area contributed by atoms with Crippen LogP contribution in [0.3, 0.4) is 0 Å². The Bertz CT molecular complexity index is 497. The van der Waals surface area contributed by atoms with Gasteiger partial charge in [0.15, 0.2) is 10.3 Å². The summed E-state index contributed by atoms with van der Waals surface area (Å²) in [5.41, 5.74) is 0. The molecular formula is C11H15N5S2.